The van der Waals surface area contributed by atoms with Gasteiger partial charge in [0.15, 0.2) is 11.6 Å². The van der Waals surface area contributed by atoms with Crippen molar-refractivity contribution in [1.82, 2.24) is 0 Å². The van der Waals surface area contributed by atoms with E-state index in [1.54, 1.807) is 12.1 Å². The molecule has 1 aliphatic rings. The first-order chi connectivity index (χ1) is 6.79. The molecule has 1 aromatic carbocycles. The minimum Gasteiger partial charge on any atom is -0.494 e. The standard InChI is InChI=1S/C12H11FO/c1-14-12-7-6-10(8-11(12)13)5-4-9-2-3-9/h6-9H,2-3H2,1H3. The first-order valence-corrected chi connectivity index (χ1v) is 4.64. The summed E-state index contributed by atoms with van der Waals surface area (Å²) in [7, 11) is 1.45. The number of ether oxygens (including phenoxy) is 1. The SMILES string of the molecule is COc1ccc(C#CC2CC2)cc1F. The molecule has 1 aromatic rings. The molecule has 1 nitrogen and oxygen atoms in total. The number of methoxy groups -OCH3 is 1. The van der Waals surface area contributed by atoms with Crippen LogP contribution in [0, 0.1) is 23.6 Å². The Morgan fingerprint density at radius 2 is 2.21 bits per heavy atom. The molecular formula is C12H11FO. The van der Waals surface area contributed by atoms with Gasteiger partial charge in [0.05, 0.1) is 7.11 Å². The van der Waals surface area contributed by atoms with Gasteiger partial charge in [-0.15, -0.1) is 0 Å². The van der Waals surface area contributed by atoms with Gasteiger partial charge in [-0.05, 0) is 31.0 Å². The van der Waals surface area contributed by atoms with Crippen LogP contribution in [0.5, 0.6) is 5.75 Å². The summed E-state index contributed by atoms with van der Waals surface area (Å²) in [5, 5.41) is 0. The summed E-state index contributed by atoms with van der Waals surface area (Å²) in [6, 6.07) is 4.79. The van der Waals surface area contributed by atoms with E-state index >= 15 is 0 Å². The Labute approximate surface area is 82.9 Å². The summed E-state index contributed by atoms with van der Waals surface area (Å²) in [5.41, 5.74) is 0.718. The maximum absolute atomic E-state index is 13.2. The van der Waals surface area contributed by atoms with E-state index in [2.05, 4.69) is 11.8 Å². The quantitative estimate of drug-likeness (QED) is 0.618. The third kappa shape index (κ3) is 2.05. The third-order valence-electron chi connectivity index (χ3n) is 2.15. The second kappa shape index (κ2) is 3.71. The minimum absolute atomic E-state index is 0.266. The Kier molecular flexibility index (Phi) is 2.41. The van der Waals surface area contributed by atoms with Crippen LogP contribution in [0.25, 0.3) is 0 Å². The van der Waals surface area contributed by atoms with Crippen LogP contribution in [0.15, 0.2) is 18.2 Å². The Morgan fingerprint density at radius 3 is 2.79 bits per heavy atom. The largest absolute Gasteiger partial charge is 0.494 e. The lowest BCUT2D eigenvalue weighted by Gasteiger charge is -2.00. The Morgan fingerprint density at radius 1 is 1.43 bits per heavy atom. The van der Waals surface area contributed by atoms with Crippen molar-refractivity contribution >= 4 is 0 Å². The fourth-order valence-electron chi connectivity index (χ4n) is 1.16. The molecule has 72 valence electrons. The van der Waals surface area contributed by atoms with E-state index in [0.29, 0.717) is 5.92 Å². The Hall–Kier alpha value is -1.49. The summed E-state index contributed by atoms with van der Waals surface area (Å²) in [6.07, 6.45) is 2.37. The van der Waals surface area contributed by atoms with Gasteiger partial charge in [-0.2, -0.15) is 0 Å². The number of hydrogen-bond donors (Lipinski definition) is 0. The van der Waals surface area contributed by atoms with Gasteiger partial charge in [-0.25, -0.2) is 4.39 Å². The fraction of sp³-hybridized carbons (Fsp3) is 0.333. The van der Waals surface area contributed by atoms with Crippen LogP contribution in [0.2, 0.25) is 0 Å². The second-order valence-electron chi connectivity index (χ2n) is 3.39. The van der Waals surface area contributed by atoms with E-state index in [0.717, 1.165) is 5.56 Å². The highest BCUT2D eigenvalue weighted by Crippen LogP contribution is 2.27. The van der Waals surface area contributed by atoms with Crippen molar-refractivity contribution in [3.63, 3.8) is 0 Å². The molecule has 0 unspecified atom stereocenters. The average molecular weight is 190 g/mol. The molecule has 0 radical (unpaired) electrons. The third-order valence-corrected chi connectivity index (χ3v) is 2.15. The van der Waals surface area contributed by atoms with E-state index in [4.69, 9.17) is 4.74 Å². The van der Waals surface area contributed by atoms with Crippen molar-refractivity contribution in [1.29, 1.82) is 0 Å². The lowest BCUT2D eigenvalue weighted by molar-refractivity contribution is 0.386. The van der Waals surface area contributed by atoms with Crippen LogP contribution in [-0.4, -0.2) is 7.11 Å². The topological polar surface area (TPSA) is 9.23 Å². The van der Waals surface area contributed by atoms with E-state index in [9.17, 15) is 4.39 Å². The molecule has 2 rings (SSSR count). The van der Waals surface area contributed by atoms with Crippen molar-refractivity contribution in [2.24, 2.45) is 5.92 Å². The average Bonchev–Trinajstić information content (AvgIpc) is 2.98. The van der Waals surface area contributed by atoms with Crippen molar-refractivity contribution < 1.29 is 9.13 Å². The molecule has 0 atom stereocenters. The molecule has 0 bridgehead atoms. The zero-order valence-corrected chi connectivity index (χ0v) is 8.01. The van der Waals surface area contributed by atoms with Crippen molar-refractivity contribution in [3.8, 4) is 17.6 Å². The van der Waals surface area contributed by atoms with Crippen molar-refractivity contribution in [2.75, 3.05) is 7.11 Å². The number of rotatable bonds is 1. The van der Waals surface area contributed by atoms with Gasteiger partial charge in [0.2, 0.25) is 0 Å². The van der Waals surface area contributed by atoms with E-state index in [-0.39, 0.29) is 11.6 Å². The molecule has 0 heterocycles. The second-order valence-corrected chi connectivity index (χ2v) is 3.39. The monoisotopic (exact) mass is 190 g/mol. The van der Waals surface area contributed by atoms with E-state index in [1.807, 2.05) is 0 Å². The lowest BCUT2D eigenvalue weighted by Crippen LogP contribution is -1.88. The molecular weight excluding hydrogens is 179 g/mol. The summed E-state index contributed by atoms with van der Waals surface area (Å²) in [6.45, 7) is 0. The first-order valence-electron chi connectivity index (χ1n) is 4.64. The van der Waals surface area contributed by atoms with Crippen LogP contribution in [0.3, 0.4) is 0 Å². The summed E-state index contributed by atoms with van der Waals surface area (Å²) < 4.78 is 18.0. The lowest BCUT2D eigenvalue weighted by atomic mass is 10.2. The predicted molar refractivity (Wildman–Crippen MR) is 52.6 cm³/mol. The normalized spacial score (nSPS) is 14.4. The van der Waals surface area contributed by atoms with Gasteiger partial charge in [-0.1, -0.05) is 11.8 Å². The maximum atomic E-state index is 13.2. The molecule has 0 amide bonds. The van der Waals surface area contributed by atoms with E-state index in [1.165, 1.54) is 26.0 Å². The molecule has 0 saturated heterocycles. The fourth-order valence-corrected chi connectivity index (χ4v) is 1.16. The molecule has 0 aromatic heterocycles. The van der Waals surface area contributed by atoms with Gasteiger partial charge in [0, 0.05) is 11.5 Å². The van der Waals surface area contributed by atoms with Crippen LogP contribution in [-0.2, 0) is 0 Å². The summed E-state index contributed by atoms with van der Waals surface area (Å²) in [4.78, 5) is 0. The highest BCUT2D eigenvalue weighted by molar-refractivity contribution is 5.40. The molecule has 0 N–H and O–H groups in total. The zero-order chi connectivity index (χ0) is 9.97. The van der Waals surface area contributed by atoms with Crippen molar-refractivity contribution in [3.05, 3.63) is 29.6 Å². The van der Waals surface area contributed by atoms with Gasteiger partial charge in [-0.3, -0.25) is 0 Å². The van der Waals surface area contributed by atoms with E-state index < -0.39 is 0 Å². The smallest absolute Gasteiger partial charge is 0.166 e. The van der Waals surface area contributed by atoms with Gasteiger partial charge < -0.3 is 4.74 Å². The summed E-state index contributed by atoms with van der Waals surface area (Å²) in [5.74, 6) is 6.49. The predicted octanol–water partition coefficient (Wildman–Crippen LogP) is 2.60. The van der Waals surface area contributed by atoms with Crippen LogP contribution >= 0.6 is 0 Å². The number of hydrogen-bond acceptors (Lipinski definition) is 1. The van der Waals surface area contributed by atoms with Gasteiger partial charge in [0.25, 0.3) is 0 Å². The van der Waals surface area contributed by atoms with Crippen LogP contribution in [0.1, 0.15) is 18.4 Å². The minimum atomic E-state index is -0.352. The molecule has 0 aliphatic heterocycles. The van der Waals surface area contributed by atoms with Gasteiger partial charge in [0.1, 0.15) is 0 Å². The molecule has 2 heteroatoms. The number of halogens is 1. The highest BCUT2D eigenvalue weighted by atomic mass is 19.1. The number of benzene rings is 1. The highest BCUT2D eigenvalue weighted by Gasteiger charge is 2.17. The molecule has 1 aliphatic carbocycles. The molecule has 14 heavy (non-hydrogen) atoms. The Balaban J connectivity index is 2.20. The summed E-state index contributed by atoms with van der Waals surface area (Å²) >= 11 is 0. The van der Waals surface area contributed by atoms with Gasteiger partial charge >= 0.3 is 0 Å². The zero-order valence-electron chi connectivity index (χ0n) is 8.01. The molecule has 0 spiro atoms. The Bertz CT molecular complexity index is 397. The first kappa shape index (κ1) is 9.08. The van der Waals surface area contributed by atoms with Crippen LogP contribution in [0.4, 0.5) is 4.39 Å². The molecule has 1 saturated carbocycles. The molecule has 1 fully saturated rings. The maximum Gasteiger partial charge on any atom is 0.166 e. The van der Waals surface area contributed by atoms with Crippen LogP contribution < -0.4 is 4.74 Å². The van der Waals surface area contributed by atoms with Crippen molar-refractivity contribution in [2.45, 2.75) is 12.8 Å².